The van der Waals surface area contributed by atoms with Crippen molar-refractivity contribution in [1.82, 2.24) is 4.98 Å². The number of aromatic carboxylic acids is 1. The Bertz CT molecular complexity index is 696. The molecule has 1 heterocycles. The highest BCUT2D eigenvalue weighted by Crippen LogP contribution is 2.39. The Balaban J connectivity index is 2.70. The Morgan fingerprint density at radius 2 is 1.71 bits per heavy atom. The Labute approximate surface area is 123 Å². The molecule has 1 aromatic heterocycles. The van der Waals surface area contributed by atoms with E-state index in [1.807, 2.05) is 19.1 Å². The summed E-state index contributed by atoms with van der Waals surface area (Å²) in [6.45, 7) is 5.42. The lowest BCUT2D eigenvalue weighted by Crippen LogP contribution is -2.11. The second-order valence-corrected chi connectivity index (χ2v) is 5.77. The highest BCUT2D eigenvalue weighted by Gasteiger charge is 2.40. The number of thiazole rings is 1. The van der Waals surface area contributed by atoms with Gasteiger partial charge in [-0.05, 0) is 31.9 Å². The van der Waals surface area contributed by atoms with Crippen molar-refractivity contribution in [1.29, 1.82) is 0 Å². The summed E-state index contributed by atoms with van der Waals surface area (Å²) >= 11 is 0.551. The van der Waals surface area contributed by atoms with Gasteiger partial charge in [-0.3, -0.25) is 0 Å². The molecule has 2 rings (SSSR count). The van der Waals surface area contributed by atoms with Crippen molar-refractivity contribution in [3.63, 3.8) is 0 Å². The van der Waals surface area contributed by atoms with Gasteiger partial charge in [0, 0.05) is 5.56 Å². The molecule has 2 aromatic rings. The predicted octanol–water partition coefficient (Wildman–Crippen LogP) is 4.45. The molecule has 0 aliphatic carbocycles. The topological polar surface area (TPSA) is 50.2 Å². The third kappa shape index (κ3) is 2.92. The van der Waals surface area contributed by atoms with Crippen LogP contribution in [0.3, 0.4) is 0 Å². The number of alkyl halides is 3. The van der Waals surface area contributed by atoms with Gasteiger partial charge in [0.05, 0.1) is 0 Å². The third-order valence-electron chi connectivity index (χ3n) is 2.98. The van der Waals surface area contributed by atoms with E-state index in [2.05, 4.69) is 4.98 Å². The minimum atomic E-state index is -4.78. The van der Waals surface area contributed by atoms with E-state index in [0.717, 1.165) is 16.7 Å². The molecule has 0 bridgehead atoms. The van der Waals surface area contributed by atoms with Crippen LogP contribution in [-0.2, 0) is 6.18 Å². The molecular formula is C14H12F3NO2S. The SMILES string of the molecule is Cc1cc(C)c(-c2nc(C(F)(F)F)c(C(=O)O)s2)c(C)c1. The summed E-state index contributed by atoms with van der Waals surface area (Å²) in [5, 5.41) is 9.02. The first-order valence-electron chi connectivity index (χ1n) is 6.00. The molecule has 0 aliphatic rings. The maximum atomic E-state index is 12.9. The molecule has 0 fully saturated rings. The normalized spacial score (nSPS) is 11.7. The zero-order valence-electron chi connectivity index (χ0n) is 11.5. The van der Waals surface area contributed by atoms with Gasteiger partial charge < -0.3 is 5.11 Å². The molecule has 0 atom stereocenters. The van der Waals surface area contributed by atoms with Crippen LogP contribution in [0.4, 0.5) is 13.2 Å². The van der Waals surface area contributed by atoms with Crippen molar-refractivity contribution < 1.29 is 23.1 Å². The van der Waals surface area contributed by atoms with Crippen molar-refractivity contribution in [2.24, 2.45) is 0 Å². The van der Waals surface area contributed by atoms with Crippen LogP contribution in [0.25, 0.3) is 10.6 Å². The van der Waals surface area contributed by atoms with Crippen LogP contribution in [0.5, 0.6) is 0 Å². The Kier molecular flexibility index (Phi) is 3.79. The number of hydrogen-bond acceptors (Lipinski definition) is 3. The maximum absolute atomic E-state index is 12.9. The number of aromatic nitrogens is 1. The van der Waals surface area contributed by atoms with Gasteiger partial charge >= 0.3 is 12.1 Å². The van der Waals surface area contributed by atoms with Crippen LogP contribution >= 0.6 is 11.3 Å². The number of carbonyl (C=O) groups is 1. The first kappa shape index (κ1) is 15.5. The number of hydrogen-bond donors (Lipinski definition) is 1. The largest absolute Gasteiger partial charge is 0.477 e. The molecule has 112 valence electrons. The molecule has 0 amide bonds. The molecule has 21 heavy (non-hydrogen) atoms. The lowest BCUT2D eigenvalue weighted by Gasteiger charge is -2.08. The third-order valence-corrected chi connectivity index (χ3v) is 4.04. The van der Waals surface area contributed by atoms with E-state index in [1.165, 1.54) is 0 Å². The molecule has 1 aromatic carbocycles. The minimum Gasteiger partial charge on any atom is -0.477 e. The summed E-state index contributed by atoms with van der Waals surface area (Å²) in [4.78, 5) is 13.8. The van der Waals surface area contributed by atoms with E-state index in [9.17, 15) is 18.0 Å². The summed E-state index contributed by atoms with van der Waals surface area (Å²) in [7, 11) is 0. The molecule has 0 aliphatic heterocycles. The van der Waals surface area contributed by atoms with E-state index in [-0.39, 0.29) is 5.01 Å². The van der Waals surface area contributed by atoms with E-state index >= 15 is 0 Å². The van der Waals surface area contributed by atoms with Crippen molar-refractivity contribution >= 4 is 17.3 Å². The summed E-state index contributed by atoms with van der Waals surface area (Å²) in [6, 6.07) is 3.66. The van der Waals surface area contributed by atoms with Crippen LogP contribution < -0.4 is 0 Å². The summed E-state index contributed by atoms with van der Waals surface area (Å²) in [5.74, 6) is -1.62. The van der Waals surface area contributed by atoms with Gasteiger partial charge in [0.1, 0.15) is 9.88 Å². The van der Waals surface area contributed by atoms with E-state index in [4.69, 9.17) is 5.11 Å². The minimum absolute atomic E-state index is 0.0784. The standard InChI is InChI=1S/C14H12F3NO2S/c1-6-4-7(2)9(8(3)5-6)12-18-11(14(15,16)17)10(21-12)13(19)20/h4-5H,1-3H3,(H,19,20). The van der Waals surface area contributed by atoms with Crippen LogP contribution in [-0.4, -0.2) is 16.1 Å². The van der Waals surface area contributed by atoms with Gasteiger partial charge in [0.25, 0.3) is 0 Å². The zero-order chi connectivity index (χ0) is 15.9. The van der Waals surface area contributed by atoms with E-state index in [1.54, 1.807) is 13.8 Å². The molecular weight excluding hydrogens is 303 g/mol. The molecule has 0 unspecified atom stereocenters. The van der Waals surface area contributed by atoms with Crippen molar-refractivity contribution in [2.75, 3.05) is 0 Å². The number of aryl methyl sites for hydroxylation is 3. The van der Waals surface area contributed by atoms with Crippen LogP contribution in [0, 0.1) is 20.8 Å². The summed E-state index contributed by atoms with van der Waals surface area (Å²) < 4.78 is 38.7. The summed E-state index contributed by atoms with van der Waals surface area (Å²) in [5.41, 5.74) is 1.75. The summed E-state index contributed by atoms with van der Waals surface area (Å²) in [6.07, 6.45) is -4.78. The second-order valence-electron chi connectivity index (χ2n) is 4.77. The van der Waals surface area contributed by atoms with Crippen LogP contribution in [0.1, 0.15) is 32.1 Å². The monoisotopic (exact) mass is 315 g/mol. The Hall–Kier alpha value is -1.89. The fourth-order valence-corrected chi connectivity index (χ4v) is 3.38. The number of rotatable bonds is 2. The number of nitrogens with zero attached hydrogens (tertiary/aromatic N) is 1. The van der Waals surface area contributed by atoms with Gasteiger partial charge in [-0.1, -0.05) is 17.7 Å². The molecule has 1 N–H and O–H groups in total. The lowest BCUT2D eigenvalue weighted by molar-refractivity contribution is -0.141. The molecule has 7 heteroatoms. The highest BCUT2D eigenvalue weighted by molar-refractivity contribution is 7.17. The molecule has 0 saturated heterocycles. The van der Waals surface area contributed by atoms with E-state index in [0.29, 0.717) is 16.9 Å². The number of halogens is 3. The van der Waals surface area contributed by atoms with Crippen LogP contribution in [0.2, 0.25) is 0 Å². The zero-order valence-corrected chi connectivity index (χ0v) is 12.3. The molecule has 0 radical (unpaired) electrons. The second kappa shape index (κ2) is 5.14. The highest BCUT2D eigenvalue weighted by atomic mass is 32.1. The Morgan fingerprint density at radius 3 is 2.10 bits per heavy atom. The van der Waals surface area contributed by atoms with Gasteiger partial charge in [0.15, 0.2) is 5.69 Å². The molecule has 0 saturated carbocycles. The maximum Gasteiger partial charge on any atom is 0.435 e. The van der Waals surface area contributed by atoms with Gasteiger partial charge in [0.2, 0.25) is 0 Å². The first-order chi connectivity index (χ1) is 9.61. The fraction of sp³-hybridized carbons (Fsp3) is 0.286. The smallest absolute Gasteiger partial charge is 0.435 e. The average Bonchev–Trinajstić information content (AvgIpc) is 2.71. The van der Waals surface area contributed by atoms with Gasteiger partial charge in [-0.15, -0.1) is 11.3 Å². The fourth-order valence-electron chi connectivity index (χ4n) is 2.28. The van der Waals surface area contributed by atoms with Crippen molar-refractivity contribution in [2.45, 2.75) is 26.9 Å². The van der Waals surface area contributed by atoms with E-state index < -0.39 is 22.7 Å². The van der Waals surface area contributed by atoms with Crippen molar-refractivity contribution in [3.8, 4) is 10.6 Å². The quantitative estimate of drug-likeness (QED) is 0.890. The van der Waals surface area contributed by atoms with Crippen LogP contribution in [0.15, 0.2) is 12.1 Å². The molecule has 3 nitrogen and oxygen atoms in total. The van der Waals surface area contributed by atoms with Gasteiger partial charge in [-0.2, -0.15) is 13.2 Å². The number of carboxylic acids is 1. The lowest BCUT2D eigenvalue weighted by atomic mass is 10.0. The Morgan fingerprint density at radius 1 is 1.19 bits per heavy atom. The first-order valence-corrected chi connectivity index (χ1v) is 6.82. The number of carboxylic acid groups (broad SMARTS) is 1. The van der Waals surface area contributed by atoms with Gasteiger partial charge in [-0.25, -0.2) is 9.78 Å². The van der Waals surface area contributed by atoms with Crippen molar-refractivity contribution in [3.05, 3.63) is 39.4 Å². The predicted molar refractivity (Wildman–Crippen MR) is 73.7 cm³/mol. The average molecular weight is 315 g/mol. The molecule has 0 spiro atoms. The number of benzene rings is 1.